The van der Waals surface area contributed by atoms with Gasteiger partial charge in [0.2, 0.25) is 0 Å². The van der Waals surface area contributed by atoms with Crippen LogP contribution in [0.4, 0.5) is 0 Å². The van der Waals surface area contributed by atoms with E-state index in [1.165, 1.54) is 16.2 Å². The van der Waals surface area contributed by atoms with E-state index in [0.717, 1.165) is 24.0 Å². The van der Waals surface area contributed by atoms with Crippen molar-refractivity contribution in [3.8, 4) is 0 Å². The molecular formula is C21H21N4P. The van der Waals surface area contributed by atoms with Gasteiger partial charge in [0.25, 0.3) is 0 Å². The van der Waals surface area contributed by atoms with Crippen LogP contribution in [0.2, 0.25) is 0 Å². The van der Waals surface area contributed by atoms with Crippen molar-refractivity contribution < 1.29 is 0 Å². The van der Waals surface area contributed by atoms with Crippen LogP contribution in [0.25, 0.3) is 0 Å². The monoisotopic (exact) mass is 360 g/mol. The second-order valence-corrected chi connectivity index (χ2v) is 8.25. The van der Waals surface area contributed by atoms with Crippen molar-refractivity contribution in [2.24, 2.45) is 0 Å². The highest BCUT2D eigenvalue weighted by Crippen LogP contribution is 2.31. The van der Waals surface area contributed by atoms with E-state index in [1.54, 1.807) is 0 Å². The summed E-state index contributed by atoms with van der Waals surface area (Å²) in [5, 5.41) is 2.65. The number of benzene rings is 2. The molecule has 0 saturated carbocycles. The van der Waals surface area contributed by atoms with E-state index in [1.807, 2.05) is 12.4 Å². The number of rotatable bonds is 6. The first-order valence-corrected chi connectivity index (χ1v) is 10.0. The second kappa shape index (κ2) is 8.13. The van der Waals surface area contributed by atoms with Gasteiger partial charge in [-0.25, -0.2) is 0 Å². The number of allylic oxidation sites excluding steroid dienone is 1. The Morgan fingerprint density at radius 3 is 2.12 bits per heavy atom. The van der Waals surface area contributed by atoms with E-state index < -0.39 is 7.92 Å². The van der Waals surface area contributed by atoms with Gasteiger partial charge < -0.3 is 10.9 Å². The van der Waals surface area contributed by atoms with Crippen molar-refractivity contribution in [2.75, 3.05) is 0 Å². The van der Waals surface area contributed by atoms with Gasteiger partial charge in [0, 0.05) is 26.0 Å². The lowest BCUT2D eigenvalue weighted by molar-refractivity contribution is 0.589. The Morgan fingerprint density at radius 2 is 1.50 bits per heavy atom. The molecule has 5 heteroatoms. The van der Waals surface area contributed by atoms with E-state index in [9.17, 15) is 0 Å². The van der Waals surface area contributed by atoms with Crippen molar-refractivity contribution >= 4 is 24.0 Å². The predicted molar refractivity (Wildman–Crippen MR) is 109 cm³/mol. The van der Waals surface area contributed by atoms with Crippen molar-refractivity contribution in [1.82, 2.24) is 21.4 Å². The van der Waals surface area contributed by atoms with Gasteiger partial charge in [-0.1, -0.05) is 60.7 Å². The maximum atomic E-state index is 4.75. The lowest BCUT2D eigenvalue weighted by Gasteiger charge is -2.18. The van der Waals surface area contributed by atoms with E-state index in [2.05, 4.69) is 89.2 Å². The fourth-order valence-corrected chi connectivity index (χ4v) is 5.24. The van der Waals surface area contributed by atoms with Crippen molar-refractivity contribution in [3.63, 3.8) is 0 Å². The highest BCUT2D eigenvalue weighted by molar-refractivity contribution is 7.79. The van der Waals surface area contributed by atoms with E-state index in [4.69, 9.17) is 4.98 Å². The zero-order chi connectivity index (χ0) is 17.6. The molecule has 1 aliphatic heterocycles. The highest BCUT2D eigenvalue weighted by Gasteiger charge is 2.17. The molecule has 4 nitrogen and oxygen atoms in total. The number of aryl methyl sites for hydroxylation is 1. The Labute approximate surface area is 155 Å². The van der Waals surface area contributed by atoms with Crippen LogP contribution < -0.4 is 32.4 Å². The summed E-state index contributed by atoms with van der Waals surface area (Å²) in [5.41, 5.74) is 12.6. The van der Waals surface area contributed by atoms with E-state index in [-0.39, 0.29) is 0 Å². The molecule has 2 heterocycles. The predicted octanol–water partition coefficient (Wildman–Crippen LogP) is 2.23. The number of hydrogen-bond donors (Lipinski definition) is 3. The zero-order valence-electron chi connectivity index (χ0n) is 14.4. The summed E-state index contributed by atoms with van der Waals surface area (Å²) in [5.74, 6) is 0. The van der Waals surface area contributed by atoms with Crippen molar-refractivity contribution in [3.05, 3.63) is 96.5 Å². The fourth-order valence-electron chi connectivity index (χ4n) is 3.00. The highest BCUT2D eigenvalue weighted by atomic mass is 31.1. The summed E-state index contributed by atoms with van der Waals surface area (Å²) in [6.07, 6.45) is 5.84. The molecule has 4 rings (SSSR count). The summed E-state index contributed by atoms with van der Waals surface area (Å²) in [6, 6.07) is 25.8. The number of aromatic nitrogens is 1. The quantitative estimate of drug-likeness (QED) is 0.590. The molecule has 0 bridgehead atoms. The van der Waals surface area contributed by atoms with Crippen LogP contribution in [-0.2, 0) is 6.42 Å². The smallest absolute Gasteiger partial charge is 0.0723 e. The summed E-state index contributed by atoms with van der Waals surface area (Å²) in [6.45, 7) is 0. The number of hydrazine groups is 2. The Morgan fingerprint density at radius 1 is 0.808 bits per heavy atom. The topological polar surface area (TPSA) is 49.0 Å². The molecule has 0 spiro atoms. The minimum atomic E-state index is -0.649. The molecule has 2 aromatic carbocycles. The molecule has 1 aliphatic rings. The van der Waals surface area contributed by atoms with Crippen LogP contribution in [0.1, 0.15) is 12.0 Å². The fraction of sp³-hybridized carbons (Fsp3) is 0.0952. The molecule has 3 N–H and O–H groups in total. The minimum Gasteiger partial charge on any atom is -0.310 e. The first kappa shape index (κ1) is 16.8. The van der Waals surface area contributed by atoms with Gasteiger partial charge in [-0.2, -0.15) is 5.53 Å². The van der Waals surface area contributed by atoms with Gasteiger partial charge in [0.05, 0.1) is 5.44 Å². The molecule has 3 aromatic rings. The molecule has 0 unspecified atom stereocenters. The first-order valence-electron chi connectivity index (χ1n) is 8.71. The standard InChI is InChI=1S/C21H21N4P/c1-3-7-19(8-4-1)26(20-9-5-2-6-10-20)21-15-17(13-14-22-21)11-12-18-16-23-25-24-18/h1-10,13-16,23-25H,11-12H2. The molecule has 130 valence electrons. The molecule has 0 amide bonds. The van der Waals surface area contributed by atoms with Gasteiger partial charge >= 0.3 is 0 Å². The lowest BCUT2D eigenvalue weighted by atomic mass is 10.1. The number of nitrogens with one attached hydrogen (secondary N) is 3. The Bertz CT molecular complexity index is 841. The molecule has 0 saturated heterocycles. The Hall–Kier alpha value is -2.68. The minimum absolute atomic E-state index is 0.649. The van der Waals surface area contributed by atoms with Gasteiger partial charge in [-0.3, -0.25) is 4.98 Å². The van der Waals surface area contributed by atoms with Gasteiger partial charge in [-0.05, 0) is 41.1 Å². The summed E-state index contributed by atoms with van der Waals surface area (Å²) in [7, 11) is -0.649. The largest absolute Gasteiger partial charge is 0.310 e. The average molecular weight is 360 g/mol. The van der Waals surface area contributed by atoms with Crippen LogP contribution in [0.15, 0.2) is 90.9 Å². The summed E-state index contributed by atoms with van der Waals surface area (Å²) >= 11 is 0. The van der Waals surface area contributed by atoms with Gasteiger partial charge in [-0.15, -0.1) is 0 Å². The third kappa shape index (κ3) is 3.93. The van der Waals surface area contributed by atoms with Crippen LogP contribution >= 0.6 is 7.92 Å². The molecule has 26 heavy (non-hydrogen) atoms. The molecule has 0 aliphatic carbocycles. The Balaban J connectivity index is 1.64. The molecule has 0 radical (unpaired) electrons. The van der Waals surface area contributed by atoms with Crippen LogP contribution in [0.3, 0.4) is 0 Å². The van der Waals surface area contributed by atoms with Crippen LogP contribution in [-0.4, -0.2) is 4.98 Å². The SMILES string of the molecule is C1=C(CCc2ccnc(P(c3ccccc3)c3ccccc3)c2)NNN1. The first-order chi connectivity index (χ1) is 12.9. The van der Waals surface area contributed by atoms with Gasteiger partial charge in [0.15, 0.2) is 0 Å². The molecule has 0 fully saturated rings. The van der Waals surface area contributed by atoms with Crippen LogP contribution in [0.5, 0.6) is 0 Å². The lowest BCUT2D eigenvalue weighted by Crippen LogP contribution is -2.31. The van der Waals surface area contributed by atoms with Crippen molar-refractivity contribution in [2.45, 2.75) is 12.8 Å². The van der Waals surface area contributed by atoms with Gasteiger partial charge in [0.1, 0.15) is 0 Å². The van der Waals surface area contributed by atoms with Crippen LogP contribution in [0, 0.1) is 0 Å². The summed E-state index contributed by atoms with van der Waals surface area (Å²) in [4.78, 5) is 4.75. The number of pyridine rings is 1. The molecular weight excluding hydrogens is 339 g/mol. The van der Waals surface area contributed by atoms with E-state index >= 15 is 0 Å². The van der Waals surface area contributed by atoms with Crippen molar-refractivity contribution in [1.29, 1.82) is 0 Å². The zero-order valence-corrected chi connectivity index (χ0v) is 15.3. The summed E-state index contributed by atoms with van der Waals surface area (Å²) < 4.78 is 0. The average Bonchev–Trinajstić information content (AvgIpc) is 3.22. The normalized spacial score (nSPS) is 13.2. The maximum absolute atomic E-state index is 4.75. The molecule has 0 atom stereocenters. The number of nitrogens with zero attached hydrogens (tertiary/aromatic N) is 1. The Kier molecular flexibility index (Phi) is 5.25. The third-order valence-electron chi connectivity index (χ3n) is 4.29. The van der Waals surface area contributed by atoms with E-state index in [0.29, 0.717) is 0 Å². The second-order valence-electron chi connectivity index (χ2n) is 6.09. The maximum Gasteiger partial charge on any atom is 0.0723 e. The number of hydrogen-bond acceptors (Lipinski definition) is 4. The molecule has 1 aromatic heterocycles. The third-order valence-corrected chi connectivity index (χ3v) is 6.62.